The zero-order chi connectivity index (χ0) is 21.1. The van der Waals surface area contributed by atoms with Crippen LogP contribution in [0.1, 0.15) is 41.0 Å². The van der Waals surface area contributed by atoms with E-state index in [1.807, 2.05) is 52.0 Å². The number of anilines is 1. The highest BCUT2D eigenvalue weighted by atomic mass is 35.5. The normalized spacial score (nSPS) is 11.0. The van der Waals surface area contributed by atoms with Crippen molar-refractivity contribution in [2.45, 2.75) is 40.2 Å². The number of para-hydroxylation sites is 1. The zero-order valence-corrected chi connectivity index (χ0v) is 17.7. The fraction of sp³-hybridized carbons (Fsp3) is 0.261. The van der Waals surface area contributed by atoms with E-state index in [0.717, 1.165) is 27.7 Å². The number of hydrogen-bond acceptors (Lipinski definition) is 3. The predicted molar refractivity (Wildman–Crippen MR) is 118 cm³/mol. The number of carbonyl (C=O) groups excluding carboxylic acids is 2. The van der Waals surface area contributed by atoms with Crippen LogP contribution in [0.3, 0.4) is 0 Å². The van der Waals surface area contributed by atoms with Gasteiger partial charge in [-0.3, -0.25) is 14.6 Å². The summed E-state index contributed by atoms with van der Waals surface area (Å²) in [5, 5.41) is 7.07. The van der Waals surface area contributed by atoms with Gasteiger partial charge in [0, 0.05) is 22.7 Å². The molecule has 1 heterocycles. The van der Waals surface area contributed by atoms with Gasteiger partial charge in [0.05, 0.1) is 22.6 Å². The molecule has 29 heavy (non-hydrogen) atoms. The number of aromatic nitrogens is 1. The molecule has 3 rings (SSSR count). The van der Waals surface area contributed by atoms with Gasteiger partial charge in [-0.15, -0.1) is 0 Å². The lowest BCUT2D eigenvalue weighted by Crippen LogP contribution is -2.30. The summed E-state index contributed by atoms with van der Waals surface area (Å²) in [5.74, 6) is -0.422. The van der Waals surface area contributed by atoms with Crippen molar-refractivity contribution in [3.05, 3.63) is 69.9 Å². The van der Waals surface area contributed by atoms with Gasteiger partial charge in [0.1, 0.15) is 0 Å². The lowest BCUT2D eigenvalue weighted by Gasteiger charge is -2.14. The Morgan fingerprint density at radius 3 is 2.55 bits per heavy atom. The number of amides is 2. The zero-order valence-electron chi connectivity index (χ0n) is 17.0. The maximum Gasteiger partial charge on any atom is 0.251 e. The molecule has 2 N–H and O–H groups in total. The van der Waals surface area contributed by atoms with E-state index in [9.17, 15) is 9.59 Å². The summed E-state index contributed by atoms with van der Waals surface area (Å²) < 4.78 is 0. The number of aryl methyl sites for hydroxylation is 2. The predicted octanol–water partition coefficient (Wildman–Crippen LogP) is 4.82. The van der Waals surface area contributed by atoms with Gasteiger partial charge in [0.25, 0.3) is 5.91 Å². The van der Waals surface area contributed by atoms with Crippen LogP contribution in [0.5, 0.6) is 0 Å². The molecule has 2 aromatic carbocycles. The van der Waals surface area contributed by atoms with Crippen LogP contribution in [0.25, 0.3) is 10.9 Å². The molecule has 0 aliphatic carbocycles. The first kappa shape index (κ1) is 20.8. The number of benzene rings is 2. The molecule has 1 aromatic heterocycles. The van der Waals surface area contributed by atoms with Crippen molar-refractivity contribution in [3.63, 3.8) is 0 Å². The van der Waals surface area contributed by atoms with Crippen molar-refractivity contribution in [2.75, 3.05) is 5.32 Å². The summed E-state index contributed by atoms with van der Waals surface area (Å²) in [6, 6.07) is 12.7. The molecule has 0 bridgehead atoms. The van der Waals surface area contributed by atoms with Gasteiger partial charge in [-0.1, -0.05) is 29.8 Å². The average Bonchev–Trinajstić information content (AvgIpc) is 2.66. The number of rotatable bonds is 5. The third-order valence-corrected chi connectivity index (χ3v) is 5.07. The number of hydrogen-bond donors (Lipinski definition) is 2. The van der Waals surface area contributed by atoms with E-state index in [0.29, 0.717) is 16.3 Å². The van der Waals surface area contributed by atoms with Crippen molar-refractivity contribution < 1.29 is 9.59 Å². The lowest BCUT2D eigenvalue weighted by molar-refractivity contribution is -0.115. The molecule has 0 fully saturated rings. The molecule has 0 spiro atoms. The number of nitrogens with zero attached hydrogens (tertiary/aromatic N) is 1. The third kappa shape index (κ3) is 4.74. The van der Waals surface area contributed by atoms with Gasteiger partial charge in [0.2, 0.25) is 5.91 Å². The van der Waals surface area contributed by atoms with Crippen molar-refractivity contribution in [2.24, 2.45) is 0 Å². The van der Waals surface area contributed by atoms with Crippen molar-refractivity contribution >= 4 is 40.0 Å². The van der Waals surface area contributed by atoms with Crippen LogP contribution >= 0.6 is 11.6 Å². The molecule has 150 valence electrons. The summed E-state index contributed by atoms with van der Waals surface area (Å²) in [4.78, 5) is 29.6. The first-order chi connectivity index (χ1) is 13.8. The van der Waals surface area contributed by atoms with Crippen LogP contribution < -0.4 is 10.6 Å². The van der Waals surface area contributed by atoms with E-state index >= 15 is 0 Å². The molecular formula is C23H24ClN3O2. The van der Waals surface area contributed by atoms with E-state index in [1.165, 1.54) is 0 Å². The highest BCUT2D eigenvalue weighted by Crippen LogP contribution is 2.26. The molecule has 0 aliphatic rings. The summed E-state index contributed by atoms with van der Waals surface area (Å²) in [5.41, 5.74) is 4.53. The topological polar surface area (TPSA) is 71.1 Å². The van der Waals surface area contributed by atoms with Crippen LogP contribution in [0.15, 0.2) is 42.5 Å². The fourth-order valence-electron chi connectivity index (χ4n) is 3.29. The molecule has 3 aromatic rings. The summed E-state index contributed by atoms with van der Waals surface area (Å²) in [6.07, 6.45) is 0.175. The Labute approximate surface area is 175 Å². The van der Waals surface area contributed by atoms with Gasteiger partial charge < -0.3 is 10.6 Å². The quantitative estimate of drug-likeness (QED) is 0.634. The van der Waals surface area contributed by atoms with Gasteiger partial charge in [-0.05, 0) is 63.1 Å². The second kappa shape index (κ2) is 8.62. The summed E-state index contributed by atoms with van der Waals surface area (Å²) in [7, 11) is 0. The van der Waals surface area contributed by atoms with Crippen LogP contribution in [0, 0.1) is 13.8 Å². The number of fused-ring (bicyclic) bond motifs is 1. The molecule has 5 nitrogen and oxygen atoms in total. The number of carbonyl (C=O) groups is 2. The summed E-state index contributed by atoms with van der Waals surface area (Å²) in [6.45, 7) is 7.69. The second-order valence-electron chi connectivity index (χ2n) is 7.37. The van der Waals surface area contributed by atoms with E-state index in [-0.39, 0.29) is 24.3 Å². The molecular weight excluding hydrogens is 386 g/mol. The molecule has 2 amide bonds. The smallest absolute Gasteiger partial charge is 0.251 e. The van der Waals surface area contributed by atoms with E-state index in [4.69, 9.17) is 11.6 Å². The molecule has 0 aliphatic heterocycles. The minimum absolute atomic E-state index is 0.0163. The van der Waals surface area contributed by atoms with Crippen LogP contribution in [0.4, 0.5) is 5.69 Å². The van der Waals surface area contributed by atoms with Gasteiger partial charge in [-0.25, -0.2) is 0 Å². The maximum absolute atomic E-state index is 12.7. The minimum atomic E-state index is -0.211. The van der Waals surface area contributed by atoms with Crippen molar-refractivity contribution in [3.8, 4) is 0 Å². The first-order valence-electron chi connectivity index (χ1n) is 9.51. The number of halogens is 1. The highest BCUT2D eigenvalue weighted by Gasteiger charge is 2.15. The maximum atomic E-state index is 12.7. The van der Waals surface area contributed by atoms with Crippen molar-refractivity contribution in [1.82, 2.24) is 10.3 Å². The van der Waals surface area contributed by atoms with E-state index in [1.54, 1.807) is 18.2 Å². The lowest BCUT2D eigenvalue weighted by atomic mass is 9.99. The van der Waals surface area contributed by atoms with Crippen LogP contribution in [-0.2, 0) is 11.2 Å². The standard InChI is InChI=1S/C23H24ClN3O2/c1-13(2)25-23(29)16-9-10-19(24)21(11-16)27-22(28)12-18-14(3)17-7-5-6-8-20(17)26-15(18)4/h5-11,13H,12H2,1-4H3,(H,25,29)(H,27,28). The van der Waals surface area contributed by atoms with Gasteiger partial charge in [0.15, 0.2) is 0 Å². The first-order valence-corrected chi connectivity index (χ1v) is 9.89. The van der Waals surface area contributed by atoms with Crippen molar-refractivity contribution in [1.29, 1.82) is 0 Å². The van der Waals surface area contributed by atoms with Gasteiger partial charge in [-0.2, -0.15) is 0 Å². The van der Waals surface area contributed by atoms with E-state index in [2.05, 4.69) is 15.6 Å². The molecule has 0 saturated carbocycles. The minimum Gasteiger partial charge on any atom is -0.350 e. The van der Waals surface area contributed by atoms with Crippen LogP contribution in [0.2, 0.25) is 5.02 Å². The fourth-order valence-corrected chi connectivity index (χ4v) is 3.46. The Morgan fingerprint density at radius 2 is 1.83 bits per heavy atom. The Bertz CT molecular complexity index is 1090. The number of nitrogens with one attached hydrogen (secondary N) is 2. The molecule has 0 saturated heterocycles. The molecule has 0 radical (unpaired) electrons. The Hall–Kier alpha value is -2.92. The monoisotopic (exact) mass is 409 g/mol. The average molecular weight is 410 g/mol. The Balaban J connectivity index is 1.83. The molecule has 6 heteroatoms. The van der Waals surface area contributed by atoms with E-state index < -0.39 is 0 Å². The SMILES string of the molecule is Cc1nc2ccccc2c(C)c1CC(=O)Nc1cc(C(=O)NC(C)C)ccc1Cl. The largest absolute Gasteiger partial charge is 0.350 e. The highest BCUT2D eigenvalue weighted by molar-refractivity contribution is 6.34. The van der Waals surface area contributed by atoms with Gasteiger partial charge >= 0.3 is 0 Å². The third-order valence-electron chi connectivity index (χ3n) is 4.75. The Morgan fingerprint density at radius 1 is 1.10 bits per heavy atom. The Kier molecular flexibility index (Phi) is 6.18. The second-order valence-corrected chi connectivity index (χ2v) is 7.77. The molecule has 0 atom stereocenters. The summed E-state index contributed by atoms with van der Waals surface area (Å²) >= 11 is 6.24. The number of pyridine rings is 1. The van der Waals surface area contributed by atoms with Crippen LogP contribution in [-0.4, -0.2) is 22.8 Å². The molecule has 0 unspecified atom stereocenters.